The number of hydrogen-bond donors (Lipinski definition) is 0. The lowest BCUT2D eigenvalue weighted by Crippen LogP contribution is -2.56. The summed E-state index contributed by atoms with van der Waals surface area (Å²) < 4.78 is 3.88. The highest BCUT2D eigenvalue weighted by molar-refractivity contribution is 8.00. The maximum atomic E-state index is 11.6. The Balaban J connectivity index is 1.99. The molecular formula is C13H15N3O3S. The number of nitrogens with zero attached hydrogens (tertiary/aromatic N) is 3. The Hall–Kier alpha value is -1.76. The fourth-order valence-electron chi connectivity index (χ4n) is 2.64. The fourth-order valence-corrected chi connectivity index (χ4v) is 3.89. The van der Waals surface area contributed by atoms with Gasteiger partial charge in [-0.15, -0.1) is 16.4 Å². The minimum absolute atomic E-state index is 0.0290. The zero-order valence-electron chi connectivity index (χ0n) is 11.3. The molecule has 0 N–H and O–H groups in total. The summed E-state index contributed by atoms with van der Waals surface area (Å²) in [6.07, 6.45) is 2.34. The summed E-state index contributed by atoms with van der Waals surface area (Å²) >= 11 is 1.61. The van der Waals surface area contributed by atoms with Crippen molar-refractivity contribution in [3.8, 4) is 0 Å². The zero-order valence-corrected chi connectivity index (χ0v) is 12.1. The number of carboxylic acids is 1. The molecule has 0 aromatic carbocycles. The molecule has 3 heterocycles. The van der Waals surface area contributed by atoms with Crippen molar-refractivity contribution in [1.82, 2.24) is 9.58 Å². The van der Waals surface area contributed by atoms with Gasteiger partial charge < -0.3 is 9.90 Å². The van der Waals surface area contributed by atoms with Gasteiger partial charge in [0.2, 0.25) is 5.91 Å². The van der Waals surface area contributed by atoms with Gasteiger partial charge in [0.15, 0.2) is 13.2 Å². The predicted molar refractivity (Wildman–Crippen MR) is 70.1 cm³/mol. The molecule has 1 aromatic heterocycles. The Kier molecular flexibility index (Phi) is 3.08. The van der Waals surface area contributed by atoms with Crippen molar-refractivity contribution in [2.24, 2.45) is 7.05 Å². The smallest absolute Gasteiger partial charge is 0.230 e. The molecule has 106 valence electrons. The number of carbonyl (C=O) groups is 2. The number of thioether (sulfide) groups is 1. The van der Waals surface area contributed by atoms with Crippen molar-refractivity contribution in [3.05, 3.63) is 29.2 Å². The third kappa shape index (κ3) is 1.93. The van der Waals surface area contributed by atoms with Crippen LogP contribution in [-0.4, -0.2) is 32.6 Å². The van der Waals surface area contributed by atoms with Crippen molar-refractivity contribution >= 4 is 23.6 Å². The topological polar surface area (TPSA) is 69.2 Å². The molecule has 1 atom stereocenters. The van der Waals surface area contributed by atoms with E-state index in [9.17, 15) is 14.7 Å². The molecule has 0 unspecified atom stereocenters. The van der Waals surface area contributed by atoms with E-state index in [1.54, 1.807) is 11.8 Å². The second-order valence-corrected chi connectivity index (χ2v) is 6.23. The Morgan fingerprint density at radius 1 is 1.60 bits per heavy atom. The minimum atomic E-state index is -1.26. The predicted octanol–water partition coefficient (Wildman–Crippen LogP) is -1.07. The van der Waals surface area contributed by atoms with Gasteiger partial charge in [0.1, 0.15) is 6.54 Å². The Labute approximate surface area is 120 Å². The van der Waals surface area contributed by atoms with Crippen molar-refractivity contribution in [2.45, 2.75) is 25.3 Å². The van der Waals surface area contributed by atoms with Gasteiger partial charge in [-0.2, -0.15) is 4.68 Å². The lowest BCUT2D eigenvalue weighted by atomic mass is 10.1. The maximum Gasteiger partial charge on any atom is 0.230 e. The van der Waals surface area contributed by atoms with Gasteiger partial charge in [-0.3, -0.25) is 9.69 Å². The highest BCUT2D eigenvalue weighted by atomic mass is 32.2. The molecule has 7 heteroatoms. The second-order valence-electron chi connectivity index (χ2n) is 5.06. The molecule has 1 saturated heterocycles. The van der Waals surface area contributed by atoms with Crippen molar-refractivity contribution in [1.29, 1.82) is 0 Å². The van der Waals surface area contributed by atoms with Gasteiger partial charge in [0.25, 0.3) is 0 Å². The molecule has 3 rings (SSSR count). The third-order valence-electron chi connectivity index (χ3n) is 3.79. The van der Waals surface area contributed by atoms with Gasteiger partial charge in [0, 0.05) is 11.8 Å². The highest BCUT2D eigenvalue weighted by Crippen LogP contribution is 2.39. The molecule has 0 spiro atoms. The normalized spacial score (nSPS) is 21.8. The zero-order chi connectivity index (χ0) is 14.4. The van der Waals surface area contributed by atoms with Crippen LogP contribution in [0.4, 0.5) is 0 Å². The fraction of sp³-hybridized carbons (Fsp3) is 0.462. The summed E-state index contributed by atoms with van der Waals surface area (Å²) in [4.78, 5) is 24.4. The maximum absolute atomic E-state index is 11.6. The number of aromatic nitrogens is 2. The number of amides is 1. The number of fused-ring (bicyclic) bond motifs is 1. The first kappa shape index (κ1) is 13.2. The summed E-state index contributed by atoms with van der Waals surface area (Å²) in [5, 5.41) is 11.4. The van der Waals surface area contributed by atoms with Crippen LogP contribution in [0.5, 0.6) is 0 Å². The van der Waals surface area contributed by atoms with E-state index in [4.69, 9.17) is 0 Å². The summed E-state index contributed by atoms with van der Waals surface area (Å²) in [6, 6.07) is 1.97. The quantitative estimate of drug-likeness (QED) is 0.526. The summed E-state index contributed by atoms with van der Waals surface area (Å²) in [5.74, 6) is -0.770. The van der Waals surface area contributed by atoms with E-state index in [0.717, 1.165) is 11.3 Å². The number of rotatable bonds is 3. The molecule has 0 radical (unpaired) electrons. The molecule has 2 aliphatic heterocycles. The molecule has 0 bridgehead atoms. The van der Waals surface area contributed by atoms with E-state index in [1.807, 2.05) is 35.6 Å². The molecule has 0 saturated carbocycles. The number of carbonyl (C=O) groups excluding carboxylic acids is 2. The summed E-state index contributed by atoms with van der Waals surface area (Å²) in [6.45, 7) is 2.43. The number of aliphatic carboxylic acids is 1. The molecule has 2 aliphatic rings. The molecule has 1 amide bonds. The van der Waals surface area contributed by atoms with E-state index >= 15 is 0 Å². The lowest BCUT2D eigenvalue weighted by molar-refractivity contribution is -0.753. The first-order chi connectivity index (χ1) is 9.49. The molecule has 20 heavy (non-hydrogen) atoms. The van der Waals surface area contributed by atoms with E-state index in [-0.39, 0.29) is 17.0 Å². The molecule has 1 fully saturated rings. The van der Waals surface area contributed by atoms with Crippen molar-refractivity contribution < 1.29 is 19.4 Å². The van der Waals surface area contributed by atoms with Crippen LogP contribution in [0, 0.1) is 6.92 Å². The van der Waals surface area contributed by atoms with E-state index in [0.29, 0.717) is 18.7 Å². The van der Waals surface area contributed by atoms with Gasteiger partial charge in [-0.1, -0.05) is 0 Å². The molecule has 1 aromatic rings. The lowest BCUT2D eigenvalue weighted by Gasteiger charge is -2.45. The standard InChI is InChI=1S/C13H15N3O3S/c1-8-3-4-14(2)15(8)6-9-7-20-11-5-10(17)16(11)12(9)13(18)19/h3-4,11H,5-7H2,1-2H3/t11-/m1/s1. The molecule has 6 nitrogen and oxygen atoms in total. The van der Waals surface area contributed by atoms with E-state index in [2.05, 4.69) is 0 Å². The SMILES string of the molecule is Cc1cc[n+](C)n1CC1=C(C(=O)[O-])N2C(=O)C[C@H]2SC1. The van der Waals surface area contributed by atoms with E-state index < -0.39 is 5.97 Å². The van der Waals surface area contributed by atoms with Crippen molar-refractivity contribution in [2.75, 3.05) is 5.75 Å². The van der Waals surface area contributed by atoms with Crippen LogP contribution in [0.1, 0.15) is 12.1 Å². The largest absolute Gasteiger partial charge is 0.543 e. The highest BCUT2D eigenvalue weighted by Gasteiger charge is 2.43. The monoisotopic (exact) mass is 293 g/mol. The van der Waals surface area contributed by atoms with Gasteiger partial charge in [0.05, 0.1) is 29.2 Å². The average molecular weight is 293 g/mol. The number of aryl methyl sites for hydroxylation is 2. The van der Waals surface area contributed by atoms with Gasteiger partial charge in [-0.25, -0.2) is 0 Å². The Bertz CT molecular complexity index is 615. The summed E-state index contributed by atoms with van der Waals surface area (Å²) in [7, 11) is 1.90. The Morgan fingerprint density at radius 2 is 2.35 bits per heavy atom. The first-order valence-electron chi connectivity index (χ1n) is 6.38. The minimum Gasteiger partial charge on any atom is -0.543 e. The van der Waals surface area contributed by atoms with Crippen LogP contribution >= 0.6 is 11.8 Å². The first-order valence-corrected chi connectivity index (χ1v) is 7.43. The van der Waals surface area contributed by atoms with Crippen LogP contribution in [0.15, 0.2) is 23.5 Å². The molecular weight excluding hydrogens is 278 g/mol. The van der Waals surface area contributed by atoms with Crippen LogP contribution in [0.2, 0.25) is 0 Å². The van der Waals surface area contributed by atoms with Crippen molar-refractivity contribution in [3.63, 3.8) is 0 Å². The number of hydrogen-bond acceptors (Lipinski definition) is 4. The van der Waals surface area contributed by atoms with Crippen LogP contribution < -0.4 is 9.79 Å². The number of carboxylic acid groups (broad SMARTS) is 1. The van der Waals surface area contributed by atoms with E-state index in [1.165, 1.54) is 4.90 Å². The third-order valence-corrected chi connectivity index (χ3v) is 5.06. The van der Waals surface area contributed by atoms with Gasteiger partial charge in [-0.05, 0) is 12.5 Å². The van der Waals surface area contributed by atoms with Crippen LogP contribution in [0.25, 0.3) is 0 Å². The average Bonchev–Trinajstić information content (AvgIpc) is 2.70. The van der Waals surface area contributed by atoms with Gasteiger partial charge >= 0.3 is 0 Å². The Morgan fingerprint density at radius 3 is 2.90 bits per heavy atom. The molecule has 0 aliphatic carbocycles. The second kappa shape index (κ2) is 4.66. The van der Waals surface area contributed by atoms with Crippen LogP contribution in [0.3, 0.4) is 0 Å². The number of β-lactam (4-membered cyclic amide) rings is 1. The summed E-state index contributed by atoms with van der Waals surface area (Å²) in [5.41, 5.74) is 1.84. The van der Waals surface area contributed by atoms with Crippen LogP contribution in [-0.2, 0) is 23.2 Å².